The molecule has 1 aromatic rings. The first-order chi connectivity index (χ1) is 8.20. The number of aromatic nitrogens is 1. The Bertz CT molecular complexity index is 369. The van der Waals surface area contributed by atoms with Gasteiger partial charge in [0.1, 0.15) is 0 Å². The molecule has 0 aliphatic carbocycles. The van der Waals surface area contributed by atoms with E-state index in [1.807, 2.05) is 0 Å². The minimum atomic E-state index is -2.45. The number of pyridine rings is 1. The molecule has 17 heavy (non-hydrogen) atoms. The molecule has 1 aliphatic rings. The minimum absolute atomic E-state index is 0.302. The predicted octanol–water partition coefficient (Wildman–Crippen LogP) is 1.95. The van der Waals surface area contributed by atoms with Gasteiger partial charge in [-0.25, -0.2) is 8.78 Å². The van der Waals surface area contributed by atoms with Crippen molar-refractivity contribution in [2.45, 2.75) is 12.5 Å². The van der Waals surface area contributed by atoms with Crippen LogP contribution in [0.3, 0.4) is 0 Å². The molecule has 0 radical (unpaired) electrons. The fraction of sp³-hybridized carbons (Fsp3) is 0.545. The molecule has 1 saturated heterocycles. The average molecular weight is 262 g/mol. The van der Waals surface area contributed by atoms with Gasteiger partial charge in [-0.05, 0) is 11.6 Å². The summed E-state index contributed by atoms with van der Waals surface area (Å²) in [4.78, 5) is 5.59. The summed E-state index contributed by atoms with van der Waals surface area (Å²) in [7, 11) is 0. The van der Waals surface area contributed by atoms with Gasteiger partial charge in [-0.3, -0.25) is 9.88 Å². The zero-order valence-corrected chi connectivity index (χ0v) is 10.00. The summed E-state index contributed by atoms with van der Waals surface area (Å²) in [6, 6.07) is 0.633. The Morgan fingerprint density at radius 3 is 2.65 bits per heavy atom. The number of nitrogens with one attached hydrogen (secondary N) is 1. The molecule has 6 heteroatoms. The summed E-state index contributed by atoms with van der Waals surface area (Å²) < 4.78 is 26.4. The Kier molecular flexibility index (Phi) is 4.25. The lowest BCUT2D eigenvalue weighted by molar-refractivity contribution is 0.0182. The monoisotopic (exact) mass is 261 g/mol. The van der Waals surface area contributed by atoms with E-state index in [4.69, 9.17) is 11.6 Å². The predicted molar refractivity (Wildman–Crippen MR) is 62.4 cm³/mol. The lowest BCUT2D eigenvalue weighted by atomic mass is 10.1. The molecule has 1 N–H and O–H groups in total. The third kappa shape index (κ3) is 2.91. The van der Waals surface area contributed by atoms with Crippen LogP contribution in [0.4, 0.5) is 8.78 Å². The van der Waals surface area contributed by atoms with Crippen molar-refractivity contribution in [3.05, 3.63) is 29.0 Å². The number of hydrogen-bond donors (Lipinski definition) is 1. The van der Waals surface area contributed by atoms with E-state index in [2.05, 4.69) is 10.3 Å². The molecule has 1 aromatic heterocycles. The van der Waals surface area contributed by atoms with Crippen molar-refractivity contribution in [3.63, 3.8) is 0 Å². The van der Waals surface area contributed by atoms with Crippen molar-refractivity contribution in [1.29, 1.82) is 0 Å². The van der Waals surface area contributed by atoms with Crippen molar-refractivity contribution in [2.24, 2.45) is 0 Å². The Hall–Kier alpha value is -0.780. The largest absolute Gasteiger partial charge is 0.314 e. The van der Waals surface area contributed by atoms with E-state index in [-0.39, 0.29) is 0 Å². The molecule has 2 heterocycles. The highest BCUT2D eigenvalue weighted by Crippen LogP contribution is 2.31. The highest BCUT2D eigenvalue weighted by molar-refractivity contribution is 6.31. The van der Waals surface area contributed by atoms with Crippen molar-refractivity contribution < 1.29 is 8.78 Å². The van der Waals surface area contributed by atoms with Crippen molar-refractivity contribution in [3.8, 4) is 0 Å². The third-order valence-corrected chi connectivity index (χ3v) is 3.22. The van der Waals surface area contributed by atoms with E-state index in [0.29, 0.717) is 23.7 Å². The summed E-state index contributed by atoms with van der Waals surface area (Å²) in [6.45, 7) is 2.67. The van der Waals surface area contributed by atoms with Gasteiger partial charge in [-0.2, -0.15) is 0 Å². The smallest absolute Gasteiger partial charge is 0.258 e. The van der Waals surface area contributed by atoms with Crippen molar-refractivity contribution in [2.75, 3.05) is 26.2 Å². The molecule has 1 aliphatic heterocycles. The molecular weight excluding hydrogens is 248 g/mol. The lowest BCUT2D eigenvalue weighted by Crippen LogP contribution is -2.47. The van der Waals surface area contributed by atoms with Gasteiger partial charge in [0.2, 0.25) is 0 Å². The number of piperazine rings is 1. The summed E-state index contributed by atoms with van der Waals surface area (Å²) >= 11 is 5.94. The molecular formula is C11H14ClF2N3. The molecule has 0 saturated carbocycles. The van der Waals surface area contributed by atoms with Gasteiger partial charge in [0.05, 0.1) is 11.1 Å². The summed E-state index contributed by atoms with van der Waals surface area (Å²) in [5.74, 6) is 0. The highest BCUT2D eigenvalue weighted by Gasteiger charge is 2.31. The molecule has 94 valence electrons. The Labute approximate surface area is 104 Å². The second-order valence-corrected chi connectivity index (χ2v) is 4.37. The van der Waals surface area contributed by atoms with Gasteiger partial charge in [0.15, 0.2) is 0 Å². The van der Waals surface area contributed by atoms with Crippen molar-refractivity contribution >= 4 is 11.6 Å². The van der Waals surface area contributed by atoms with E-state index in [1.54, 1.807) is 11.0 Å². The number of halogens is 3. The first kappa shape index (κ1) is 12.7. The molecule has 0 aromatic carbocycles. The number of nitrogens with zero attached hydrogens (tertiary/aromatic N) is 2. The molecule has 2 rings (SSSR count). The van der Waals surface area contributed by atoms with Crippen LogP contribution < -0.4 is 5.32 Å². The molecule has 0 bridgehead atoms. The molecule has 3 nitrogen and oxygen atoms in total. The van der Waals surface area contributed by atoms with Crippen LogP contribution in [0.5, 0.6) is 0 Å². The SMILES string of the molecule is FC(F)[C@@H](c1ccncc1Cl)N1CCNCC1. The maximum Gasteiger partial charge on any atom is 0.258 e. The van der Waals surface area contributed by atoms with Crippen LogP contribution in [0.1, 0.15) is 11.6 Å². The fourth-order valence-corrected chi connectivity index (χ4v) is 2.31. The van der Waals surface area contributed by atoms with E-state index < -0.39 is 12.5 Å². The Balaban J connectivity index is 2.25. The zero-order valence-electron chi connectivity index (χ0n) is 9.24. The molecule has 1 atom stereocenters. The third-order valence-electron chi connectivity index (χ3n) is 2.91. The van der Waals surface area contributed by atoms with Gasteiger partial charge in [0, 0.05) is 38.6 Å². The quantitative estimate of drug-likeness (QED) is 0.901. The van der Waals surface area contributed by atoms with Gasteiger partial charge >= 0.3 is 0 Å². The first-order valence-corrected chi connectivity index (χ1v) is 5.90. The van der Waals surface area contributed by atoms with Gasteiger partial charge < -0.3 is 5.32 Å². The summed E-state index contributed by atoms with van der Waals surface area (Å²) in [5.41, 5.74) is 0.457. The van der Waals surface area contributed by atoms with E-state index >= 15 is 0 Å². The zero-order chi connectivity index (χ0) is 12.3. The number of hydrogen-bond acceptors (Lipinski definition) is 3. The van der Waals surface area contributed by atoms with Crippen LogP contribution in [0.15, 0.2) is 18.5 Å². The fourth-order valence-electron chi connectivity index (χ4n) is 2.08. The van der Waals surface area contributed by atoms with Crippen LogP contribution in [-0.2, 0) is 0 Å². The van der Waals surface area contributed by atoms with Gasteiger partial charge in [0.25, 0.3) is 6.43 Å². The molecule has 0 spiro atoms. The van der Waals surface area contributed by atoms with Crippen molar-refractivity contribution in [1.82, 2.24) is 15.2 Å². The molecule has 1 fully saturated rings. The minimum Gasteiger partial charge on any atom is -0.314 e. The first-order valence-electron chi connectivity index (χ1n) is 5.52. The van der Waals surface area contributed by atoms with Crippen LogP contribution in [-0.4, -0.2) is 42.5 Å². The number of rotatable bonds is 3. The summed E-state index contributed by atoms with van der Waals surface area (Å²) in [5, 5.41) is 3.44. The van der Waals surface area contributed by atoms with E-state index in [1.165, 1.54) is 12.4 Å². The maximum absolute atomic E-state index is 13.2. The van der Waals surface area contributed by atoms with Crippen LogP contribution >= 0.6 is 11.6 Å². The normalized spacial score (nSPS) is 19.5. The maximum atomic E-state index is 13.2. The topological polar surface area (TPSA) is 28.2 Å². The van der Waals surface area contributed by atoms with Gasteiger partial charge in [-0.15, -0.1) is 0 Å². The van der Waals surface area contributed by atoms with Crippen LogP contribution in [0.25, 0.3) is 0 Å². The van der Waals surface area contributed by atoms with Crippen LogP contribution in [0.2, 0.25) is 5.02 Å². The highest BCUT2D eigenvalue weighted by atomic mass is 35.5. The summed E-state index contributed by atoms with van der Waals surface area (Å²) in [6.07, 6.45) is 0.459. The Morgan fingerprint density at radius 2 is 2.06 bits per heavy atom. The van der Waals surface area contributed by atoms with Crippen LogP contribution in [0, 0.1) is 0 Å². The second-order valence-electron chi connectivity index (χ2n) is 3.96. The Morgan fingerprint density at radius 1 is 1.35 bits per heavy atom. The molecule has 0 unspecified atom stereocenters. The van der Waals surface area contributed by atoms with E-state index in [9.17, 15) is 8.78 Å². The standard InChI is InChI=1S/C11H14ClF2N3/c12-9-7-16-2-1-8(9)10(11(13)14)17-5-3-15-4-6-17/h1-2,7,10-11,15H,3-6H2/t10-/m1/s1. The molecule has 0 amide bonds. The average Bonchev–Trinajstić information content (AvgIpc) is 2.33. The van der Waals surface area contributed by atoms with E-state index in [0.717, 1.165) is 13.1 Å². The van der Waals surface area contributed by atoms with Gasteiger partial charge in [-0.1, -0.05) is 11.6 Å². The second kappa shape index (κ2) is 5.71. The number of alkyl halides is 2. The lowest BCUT2D eigenvalue weighted by Gasteiger charge is -2.34.